The molecule has 0 unspecified atom stereocenters. The number of ether oxygens (including phenoxy) is 1. The van der Waals surface area contributed by atoms with E-state index in [0.717, 1.165) is 0 Å². The van der Waals surface area contributed by atoms with Crippen LogP contribution in [0.4, 0.5) is 13.2 Å². The van der Waals surface area contributed by atoms with Gasteiger partial charge >= 0.3 is 6.36 Å². The molecule has 0 radical (unpaired) electrons. The van der Waals surface area contributed by atoms with Gasteiger partial charge < -0.3 is 0 Å². The summed E-state index contributed by atoms with van der Waals surface area (Å²) in [6, 6.07) is 0. The number of hydrogen-bond acceptors (Lipinski definition) is 1. The first-order valence-corrected chi connectivity index (χ1v) is 3.22. The Labute approximate surface area is 62.5 Å². The lowest BCUT2D eigenvalue weighted by atomic mass is 9.83. The monoisotopic (exact) mass is 164 g/mol. The fourth-order valence-electron chi connectivity index (χ4n) is 0.987. The molecule has 0 heterocycles. The van der Waals surface area contributed by atoms with Gasteiger partial charge in [0.15, 0.2) is 0 Å². The van der Waals surface area contributed by atoms with E-state index in [2.05, 4.69) is 10.7 Å². The van der Waals surface area contributed by atoms with Crippen LogP contribution in [0.15, 0.2) is 0 Å². The van der Waals surface area contributed by atoms with Crippen LogP contribution >= 0.6 is 0 Å². The maximum Gasteiger partial charge on any atom is 0.522 e. The third-order valence-corrected chi connectivity index (χ3v) is 1.63. The van der Waals surface area contributed by atoms with Gasteiger partial charge in [0, 0.05) is 5.92 Å². The van der Waals surface area contributed by atoms with Gasteiger partial charge in [-0.3, -0.25) is 4.74 Å². The van der Waals surface area contributed by atoms with Crippen LogP contribution in [-0.4, -0.2) is 12.5 Å². The highest BCUT2D eigenvalue weighted by atomic mass is 19.4. The lowest BCUT2D eigenvalue weighted by molar-refractivity contribution is -0.352. The van der Waals surface area contributed by atoms with Crippen molar-refractivity contribution < 1.29 is 17.9 Å². The third kappa shape index (κ3) is 2.43. The van der Waals surface area contributed by atoms with Gasteiger partial charge in [0.1, 0.15) is 0 Å². The Bertz CT molecular complexity index is 173. The molecule has 1 fully saturated rings. The van der Waals surface area contributed by atoms with E-state index < -0.39 is 12.5 Å². The molecule has 0 bridgehead atoms. The highest BCUT2D eigenvalue weighted by Crippen LogP contribution is 2.33. The predicted molar refractivity (Wildman–Crippen MR) is 32.5 cm³/mol. The predicted octanol–water partition coefficient (Wildman–Crippen LogP) is 1.93. The van der Waals surface area contributed by atoms with Gasteiger partial charge in [0.25, 0.3) is 0 Å². The maximum atomic E-state index is 11.5. The van der Waals surface area contributed by atoms with Crippen molar-refractivity contribution >= 4 is 0 Å². The fraction of sp³-hybridized carbons (Fsp3) is 0.714. The summed E-state index contributed by atoms with van der Waals surface area (Å²) in [6.07, 6.45) is 0.410. The molecule has 0 aromatic heterocycles. The van der Waals surface area contributed by atoms with Crippen LogP contribution in [0.1, 0.15) is 12.8 Å². The highest BCUT2D eigenvalue weighted by Gasteiger charge is 2.39. The molecular weight excluding hydrogens is 157 g/mol. The number of rotatable bonds is 1. The number of halogens is 3. The van der Waals surface area contributed by atoms with E-state index in [1.54, 1.807) is 0 Å². The molecule has 1 aliphatic carbocycles. The van der Waals surface area contributed by atoms with Gasteiger partial charge in [-0.15, -0.1) is 25.5 Å². The van der Waals surface area contributed by atoms with E-state index in [1.807, 2.05) is 0 Å². The second kappa shape index (κ2) is 2.74. The summed E-state index contributed by atoms with van der Waals surface area (Å²) in [5.41, 5.74) is 0. The van der Waals surface area contributed by atoms with E-state index in [0.29, 0.717) is 12.8 Å². The van der Waals surface area contributed by atoms with E-state index in [9.17, 15) is 13.2 Å². The van der Waals surface area contributed by atoms with E-state index in [-0.39, 0.29) is 5.92 Å². The quantitative estimate of drug-likeness (QED) is 0.538. The summed E-state index contributed by atoms with van der Waals surface area (Å²) in [5, 5.41) is 0. The van der Waals surface area contributed by atoms with E-state index >= 15 is 0 Å². The van der Waals surface area contributed by atoms with Gasteiger partial charge in [0.2, 0.25) is 0 Å². The SMILES string of the molecule is C#C[C@H]1C[C@@H](OC(F)(F)F)C1. The second-order valence-electron chi connectivity index (χ2n) is 2.52. The molecule has 0 aromatic carbocycles. The zero-order valence-electron chi connectivity index (χ0n) is 5.69. The van der Waals surface area contributed by atoms with Crippen LogP contribution in [0.25, 0.3) is 0 Å². The van der Waals surface area contributed by atoms with Crippen molar-refractivity contribution in [2.24, 2.45) is 5.92 Å². The minimum absolute atomic E-state index is 0.0256. The van der Waals surface area contributed by atoms with Crippen molar-refractivity contribution in [2.45, 2.75) is 25.3 Å². The molecule has 1 rings (SSSR count). The molecule has 0 aromatic rings. The Kier molecular flexibility index (Phi) is 2.10. The molecule has 11 heavy (non-hydrogen) atoms. The Morgan fingerprint density at radius 3 is 2.27 bits per heavy atom. The third-order valence-electron chi connectivity index (χ3n) is 1.63. The standard InChI is InChI=1S/C7H7F3O/c1-2-5-3-6(4-5)11-7(8,9)10/h1,5-6H,3-4H2/t5-,6+. The average molecular weight is 164 g/mol. The van der Waals surface area contributed by atoms with Crippen LogP contribution < -0.4 is 0 Å². The molecule has 0 spiro atoms. The van der Waals surface area contributed by atoms with Crippen LogP contribution in [0.3, 0.4) is 0 Å². The Balaban J connectivity index is 2.20. The van der Waals surface area contributed by atoms with Crippen LogP contribution in [0.2, 0.25) is 0 Å². The molecule has 1 nitrogen and oxygen atoms in total. The topological polar surface area (TPSA) is 9.23 Å². The van der Waals surface area contributed by atoms with Gasteiger partial charge in [-0.2, -0.15) is 0 Å². The molecule has 62 valence electrons. The van der Waals surface area contributed by atoms with E-state index in [1.165, 1.54) is 0 Å². The summed E-state index contributed by atoms with van der Waals surface area (Å²) in [6.45, 7) is 0. The van der Waals surface area contributed by atoms with E-state index in [4.69, 9.17) is 6.42 Å². The number of alkyl halides is 3. The summed E-state index contributed by atoms with van der Waals surface area (Å²) in [7, 11) is 0. The zero-order valence-corrected chi connectivity index (χ0v) is 5.69. The molecule has 0 atom stereocenters. The normalized spacial score (nSPS) is 30.7. The second-order valence-corrected chi connectivity index (χ2v) is 2.52. The molecule has 0 N–H and O–H groups in total. The number of hydrogen-bond donors (Lipinski definition) is 0. The van der Waals surface area contributed by atoms with Gasteiger partial charge in [-0.05, 0) is 12.8 Å². The van der Waals surface area contributed by atoms with Crippen molar-refractivity contribution in [3.05, 3.63) is 0 Å². The van der Waals surface area contributed by atoms with Crippen LogP contribution in [0, 0.1) is 18.3 Å². The lowest BCUT2D eigenvalue weighted by Gasteiger charge is -2.31. The van der Waals surface area contributed by atoms with Gasteiger partial charge in [-0.25, -0.2) is 0 Å². The van der Waals surface area contributed by atoms with Crippen molar-refractivity contribution in [2.75, 3.05) is 0 Å². The van der Waals surface area contributed by atoms with Crippen LogP contribution in [0.5, 0.6) is 0 Å². The Morgan fingerprint density at radius 2 is 1.91 bits per heavy atom. The molecule has 4 heteroatoms. The first-order chi connectivity index (χ1) is 5.01. The summed E-state index contributed by atoms with van der Waals surface area (Å²) < 4.78 is 38.2. The first kappa shape index (κ1) is 8.41. The fourth-order valence-corrected chi connectivity index (χ4v) is 0.987. The Morgan fingerprint density at radius 1 is 1.36 bits per heavy atom. The van der Waals surface area contributed by atoms with Crippen LogP contribution in [-0.2, 0) is 4.74 Å². The molecule has 0 amide bonds. The van der Waals surface area contributed by atoms with Crippen molar-refractivity contribution in [3.8, 4) is 12.3 Å². The molecule has 0 aliphatic heterocycles. The highest BCUT2D eigenvalue weighted by molar-refractivity contribution is 5.01. The Hall–Kier alpha value is -0.690. The molecule has 1 aliphatic rings. The largest absolute Gasteiger partial charge is 0.522 e. The molecule has 1 saturated carbocycles. The van der Waals surface area contributed by atoms with Crippen molar-refractivity contribution in [3.63, 3.8) is 0 Å². The lowest BCUT2D eigenvalue weighted by Crippen LogP contribution is -2.35. The maximum absolute atomic E-state index is 11.5. The molecular formula is C7H7F3O. The van der Waals surface area contributed by atoms with Crippen molar-refractivity contribution in [1.29, 1.82) is 0 Å². The average Bonchev–Trinajstić information content (AvgIpc) is 1.75. The number of terminal acetylenes is 1. The summed E-state index contributed by atoms with van der Waals surface area (Å²) in [5.74, 6) is 2.34. The smallest absolute Gasteiger partial charge is 0.288 e. The minimum Gasteiger partial charge on any atom is -0.288 e. The van der Waals surface area contributed by atoms with Gasteiger partial charge in [-0.1, -0.05) is 0 Å². The van der Waals surface area contributed by atoms with Gasteiger partial charge in [0.05, 0.1) is 6.10 Å². The van der Waals surface area contributed by atoms with Crippen molar-refractivity contribution in [1.82, 2.24) is 0 Å². The zero-order chi connectivity index (χ0) is 8.48. The first-order valence-electron chi connectivity index (χ1n) is 3.22. The minimum atomic E-state index is -4.51. The summed E-state index contributed by atoms with van der Waals surface area (Å²) >= 11 is 0. The summed E-state index contributed by atoms with van der Waals surface area (Å²) in [4.78, 5) is 0. The molecule has 0 saturated heterocycles.